The zero-order valence-corrected chi connectivity index (χ0v) is 9.53. The average molecular weight is 293 g/mol. The fraction of sp³-hybridized carbons (Fsp3) is 0.250. The lowest BCUT2D eigenvalue weighted by molar-refractivity contribution is -0.275. The maximum Gasteiger partial charge on any atom is 0.573 e. The predicted octanol–water partition coefficient (Wildman–Crippen LogP) is 2.79. The molecule has 9 heteroatoms. The minimum absolute atomic E-state index is 0.0768. The molecule has 96 valence electrons. The largest absolute Gasteiger partial charge is 0.573 e. The van der Waals surface area contributed by atoms with E-state index in [2.05, 4.69) is 4.74 Å². The molecule has 0 radical (unpaired) electrons. The molecule has 1 rings (SSSR count). The fourth-order valence-electron chi connectivity index (χ4n) is 1.04. The van der Waals surface area contributed by atoms with Crippen LogP contribution in [0.4, 0.5) is 17.6 Å². The molecular weight excluding hydrogens is 288 g/mol. The summed E-state index contributed by atoms with van der Waals surface area (Å²) in [5.41, 5.74) is -0.0768. The van der Waals surface area contributed by atoms with Gasteiger partial charge in [-0.05, 0) is 17.7 Å². The minimum Gasteiger partial charge on any atom is -0.403 e. The molecule has 1 aromatic rings. The van der Waals surface area contributed by atoms with Gasteiger partial charge in [-0.1, -0.05) is 6.07 Å². The first-order valence-corrected chi connectivity index (χ1v) is 6.51. The Morgan fingerprint density at radius 1 is 1.29 bits per heavy atom. The van der Waals surface area contributed by atoms with Crippen molar-refractivity contribution in [2.24, 2.45) is 0 Å². The second-order valence-electron chi connectivity index (χ2n) is 3.00. The van der Waals surface area contributed by atoms with Crippen molar-refractivity contribution >= 4 is 19.7 Å². The number of benzene rings is 1. The van der Waals surface area contributed by atoms with Gasteiger partial charge in [-0.2, -0.15) is 0 Å². The Bertz CT molecular complexity index is 512. The Hall–Kier alpha value is -1.02. The quantitative estimate of drug-likeness (QED) is 0.635. The van der Waals surface area contributed by atoms with Gasteiger partial charge in [0.15, 0.2) is 11.6 Å². The van der Waals surface area contributed by atoms with Crippen LogP contribution in [0.3, 0.4) is 0 Å². The minimum atomic E-state index is -5.01. The first-order valence-electron chi connectivity index (χ1n) is 4.03. The van der Waals surface area contributed by atoms with E-state index < -0.39 is 32.7 Å². The Labute approximate surface area is 98.4 Å². The lowest BCUT2D eigenvalue weighted by Crippen LogP contribution is -2.18. The summed E-state index contributed by atoms with van der Waals surface area (Å²) in [6.45, 7) is 0. The highest BCUT2D eigenvalue weighted by Crippen LogP contribution is 2.26. The highest BCUT2D eigenvalue weighted by molar-refractivity contribution is 8.13. The number of ether oxygens (including phenoxy) is 1. The molecule has 0 spiro atoms. The molecule has 0 atom stereocenters. The van der Waals surface area contributed by atoms with Crippen molar-refractivity contribution in [1.82, 2.24) is 0 Å². The van der Waals surface area contributed by atoms with E-state index in [1.54, 1.807) is 0 Å². The van der Waals surface area contributed by atoms with Crippen LogP contribution in [0, 0.1) is 5.82 Å². The molecule has 3 nitrogen and oxygen atoms in total. The first-order chi connectivity index (χ1) is 7.57. The van der Waals surface area contributed by atoms with Gasteiger partial charge in [0.2, 0.25) is 9.05 Å². The van der Waals surface area contributed by atoms with E-state index in [4.69, 9.17) is 10.7 Å². The van der Waals surface area contributed by atoms with Gasteiger partial charge in [0, 0.05) is 10.7 Å². The summed E-state index contributed by atoms with van der Waals surface area (Å²) in [6, 6.07) is 2.27. The molecule has 0 fully saturated rings. The molecule has 0 heterocycles. The summed E-state index contributed by atoms with van der Waals surface area (Å²) < 4.78 is 73.1. The van der Waals surface area contributed by atoms with Gasteiger partial charge >= 0.3 is 6.36 Å². The van der Waals surface area contributed by atoms with Gasteiger partial charge in [0.05, 0.1) is 5.75 Å². The average Bonchev–Trinajstić information content (AvgIpc) is 2.05. The summed E-state index contributed by atoms with van der Waals surface area (Å²) in [5.74, 6) is -3.04. The topological polar surface area (TPSA) is 43.4 Å². The summed E-state index contributed by atoms with van der Waals surface area (Å²) >= 11 is 0. The number of hydrogen-bond donors (Lipinski definition) is 0. The summed E-state index contributed by atoms with van der Waals surface area (Å²) in [7, 11) is 1.01. The molecule has 0 amide bonds. The standard InChI is InChI=1S/C8H5ClF4O3S/c9-17(14,15)4-5-1-2-7(6(10)3-5)16-8(11,12)13/h1-3H,4H2. The van der Waals surface area contributed by atoms with E-state index in [0.717, 1.165) is 6.07 Å². The Morgan fingerprint density at radius 2 is 1.88 bits per heavy atom. The van der Waals surface area contributed by atoms with Crippen LogP contribution in [-0.2, 0) is 14.8 Å². The van der Waals surface area contributed by atoms with Gasteiger partial charge in [0.1, 0.15) is 0 Å². The third-order valence-electron chi connectivity index (χ3n) is 1.56. The highest BCUT2D eigenvalue weighted by atomic mass is 35.7. The van der Waals surface area contributed by atoms with Crippen molar-refractivity contribution in [2.75, 3.05) is 0 Å². The van der Waals surface area contributed by atoms with E-state index >= 15 is 0 Å². The van der Waals surface area contributed by atoms with E-state index in [1.165, 1.54) is 0 Å². The molecular formula is C8H5ClF4O3S. The van der Waals surface area contributed by atoms with Crippen LogP contribution in [0.15, 0.2) is 18.2 Å². The van der Waals surface area contributed by atoms with Crippen LogP contribution in [-0.4, -0.2) is 14.8 Å². The second kappa shape index (κ2) is 4.69. The van der Waals surface area contributed by atoms with Crippen LogP contribution in [0.1, 0.15) is 5.56 Å². The third kappa shape index (κ3) is 5.22. The van der Waals surface area contributed by atoms with Gasteiger partial charge in [-0.25, -0.2) is 12.8 Å². The molecule has 0 aliphatic carbocycles. The van der Waals surface area contributed by atoms with Crippen molar-refractivity contribution in [2.45, 2.75) is 12.1 Å². The van der Waals surface area contributed by atoms with Crippen molar-refractivity contribution in [3.05, 3.63) is 29.6 Å². The van der Waals surface area contributed by atoms with Crippen molar-refractivity contribution < 1.29 is 30.7 Å². The molecule has 0 aliphatic rings. The second-order valence-corrected chi connectivity index (χ2v) is 5.77. The molecule has 0 saturated carbocycles. The molecule has 0 aliphatic heterocycles. The highest BCUT2D eigenvalue weighted by Gasteiger charge is 2.32. The number of rotatable bonds is 3. The van der Waals surface area contributed by atoms with Gasteiger partial charge < -0.3 is 4.74 Å². The molecule has 1 aromatic carbocycles. The first kappa shape index (κ1) is 14.0. The van der Waals surface area contributed by atoms with Crippen molar-refractivity contribution in [3.63, 3.8) is 0 Å². The lowest BCUT2D eigenvalue weighted by Gasteiger charge is -2.10. The number of hydrogen-bond acceptors (Lipinski definition) is 3. The molecule has 17 heavy (non-hydrogen) atoms. The van der Waals surface area contributed by atoms with Crippen LogP contribution in [0.2, 0.25) is 0 Å². The molecule has 0 aromatic heterocycles. The van der Waals surface area contributed by atoms with Crippen molar-refractivity contribution in [3.8, 4) is 5.75 Å². The van der Waals surface area contributed by atoms with Crippen LogP contribution in [0.25, 0.3) is 0 Å². The molecule has 0 bridgehead atoms. The number of alkyl halides is 3. The summed E-state index contributed by atoms with van der Waals surface area (Å²) in [6.07, 6.45) is -5.01. The zero-order chi connectivity index (χ0) is 13.3. The maximum absolute atomic E-state index is 13.1. The molecule has 0 unspecified atom stereocenters. The van der Waals surface area contributed by atoms with Crippen LogP contribution in [0.5, 0.6) is 5.75 Å². The lowest BCUT2D eigenvalue weighted by atomic mass is 10.2. The third-order valence-corrected chi connectivity index (χ3v) is 2.57. The normalized spacial score (nSPS) is 12.5. The predicted molar refractivity (Wildman–Crippen MR) is 51.6 cm³/mol. The van der Waals surface area contributed by atoms with E-state index in [0.29, 0.717) is 12.1 Å². The van der Waals surface area contributed by atoms with E-state index in [1.807, 2.05) is 0 Å². The van der Waals surface area contributed by atoms with Crippen LogP contribution < -0.4 is 4.74 Å². The maximum atomic E-state index is 13.1. The SMILES string of the molecule is O=S(=O)(Cl)Cc1ccc(OC(F)(F)F)c(F)c1. The Kier molecular flexibility index (Phi) is 3.88. The number of halogens is 5. The Morgan fingerprint density at radius 3 is 2.29 bits per heavy atom. The fourth-order valence-corrected chi connectivity index (χ4v) is 2.00. The van der Waals surface area contributed by atoms with Crippen LogP contribution >= 0.6 is 10.7 Å². The summed E-state index contributed by atoms with van der Waals surface area (Å²) in [5, 5.41) is 0. The van der Waals surface area contributed by atoms with E-state index in [-0.39, 0.29) is 5.56 Å². The molecule has 0 N–H and O–H groups in total. The van der Waals surface area contributed by atoms with E-state index in [9.17, 15) is 26.0 Å². The van der Waals surface area contributed by atoms with Gasteiger partial charge in [-0.3, -0.25) is 0 Å². The smallest absolute Gasteiger partial charge is 0.403 e. The van der Waals surface area contributed by atoms with Gasteiger partial charge in [0.25, 0.3) is 0 Å². The molecule has 0 saturated heterocycles. The van der Waals surface area contributed by atoms with Crippen molar-refractivity contribution in [1.29, 1.82) is 0 Å². The van der Waals surface area contributed by atoms with Gasteiger partial charge in [-0.15, -0.1) is 13.2 Å². The monoisotopic (exact) mass is 292 g/mol. The Balaban J connectivity index is 2.94. The zero-order valence-electron chi connectivity index (χ0n) is 7.96. The summed E-state index contributed by atoms with van der Waals surface area (Å²) in [4.78, 5) is 0.